The minimum absolute atomic E-state index is 0.00879. The Hall–Kier alpha value is -3.73. The van der Waals surface area contributed by atoms with Crippen LogP contribution in [0.2, 0.25) is 0 Å². The molecule has 11 nitrogen and oxygen atoms in total. The Morgan fingerprint density at radius 3 is 2.38 bits per heavy atom. The lowest BCUT2D eigenvalue weighted by Crippen LogP contribution is -2.50. The van der Waals surface area contributed by atoms with E-state index in [0.29, 0.717) is 38.2 Å². The van der Waals surface area contributed by atoms with Gasteiger partial charge in [-0.05, 0) is 42.7 Å². The summed E-state index contributed by atoms with van der Waals surface area (Å²) in [6.45, 7) is -0.0332. The Morgan fingerprint density at radius 1 is 0.978 bits per heavy atom. The van der Waals surface area contributed by atoms with Gasteiger partial charge in [0, 0.05) is 24.0 Å². The summed E-state index contributed by atoms with van der Waals surface area (Å²) in [6, 6.07) is 10.8. The second-order valence-corrected chi connectivity index (χ2v) is 12.5. The SMILES string of the molecule is [B]C1(O)CCCCCCCN(C(O)(O)CCC(=O)O)c2cccc(n2)S(=O)(=O)Nc2ccc(C(F)(F)F)c(n2)-c2ccccc21. The van der Waals surface area contributed by atoms with Gasteiger partial charge >= 0.3 is 12.1 Å². The van der Waals surface area contributed by atoms with Crippen LogP contribution in [0.3, 0.4) is 0 Å². The third-order valence-corrected chi connectivity index (χ3v) is 8.65. The minimum atomic E-state index is -4.89. The molecule has 0 saturated heterocycles. The molecular weight excluding hydrogens is 616 g/mol. The first-order valence-corrected chi connectivity index (χ1v) is 15.6. The first-order valence-electron chi connectivity index (χ1n) is 14.1. The molecule has 0 fully saturated rings. The summed E-state index contributed by atoms with van der Waals surface area (Å²) in [4.78, 5) is 20.2. The van der Waals surface area contributed by atoms with Gasteiger partial charge in [0.2, 0.25) is 5.91 Å². The molecule has 45 heavy (non-hydrogen) atoms. The summed E-state index contributed by atoms with van der Waals surface area (Å²) in [6.07, 6.45) is -3.62. The highest BCUT2D eigenvalue weighted by molar-refractivity contribution is 7.92. The molecule has 0 aliphatic carbocycles. The van der Waals surface area contributed by atoms with Gasteiger partial charge in [-0.1, -0.05) is 56.0 Å². The number of aliphatic carboxylic acids is 1. The van der Waals surface area contributed by atoms with Gasteiger partial charge in [-0.3, -0.25) is 9.52 Å². The number of halogens is 3. The van der Waals surface area contributed by atoms with Gasteiger partial charge in [-0.2, -0.15) is 21.6 Å². The fraction of sp³-hybridized carbons (Fsp3) is 0.414. The minimum Gasteiger partial charge on any atom is -0.481 e. The van der Waals surface area contributed by atoms with E-state index in [0.717, 1.165) is 17.0 Å². The van der Waals surface area contributed by atoms with Crippen molar-refractivity contribution in [2.24, 2.45) is 0 Å². The first kappa shape index (κ1) is 34.2. The Balaban J connectivity index is 1.84. The molecular formula is C29H32BF3N4O7S. The van der Waals surface area contributed by atoms with Crippen LogP contribution in [0.15, 0.2) is 59.6 Å². The average Bonchev–Trinajstić information content (AvgIpc) is 2.96. The number of nitrogens with one attached hydrogen (secondary N) is 1. The van der Waals surface area contributed by atoms with E-state index in [1.807, 2.05) is 0 Å². The molecule has 4 bridgehead atoms. The number of alkyl halides is 3. The largest absolute Gasteiger partial charge is 0.481 e. The fourth-order valence-electron chi connectivity index (χ4n) is 5.13. The van der Waals surface area contributed by atoms with Crippen molar-refractivity contribution in [3.05, 3.63) is 65.7 Å². The predicted octanol–water partition coefficient (Wildman–Crippen LogP) is 3.94. The summed E-state index contributed by atoms with van der Waals surface area (Å²) in [7, 11) is 1.63. The van der Waals surface area contributed by atoms with E-state index in [1.165, 1.54) is 36.4 Å². The maximum absolute atomic E-state index is 14.1. The van der Waals surface area contributed by atoms with Crippen molar-refractivity contribution in [3.8, 4) is 11.3 Å². The molecule has 16 heteroatoms. The molecule has 1 aliphatic rings. The van der Waals surface area contributed by atoms with E-state index >= 15 is 0 Å². The lowest BCUT2D eigenvalue weighted by Gasteiger charge is -2.36. The number of hydrogen-bond acceptors (Lipinski definition) is 9. The van der Waals surface area contributed by atoms with Crippen LogP contribution in [0.4, 0.5) is 24.8 Å². The molecule has 1 aliphatic heterocycles. The number of sulfonamides is 1. The molecule has 0 spiro atoms. The van der Waals surface area contributed by atoms with Crippen molar-refractivity contribution in [2.75, 3.05) is 16.2 Å². The summed E-state index contributed by atoms with van der Waals surface area (Å²) in [5.41, 5.74) is -4.03. The molecule has 2 aromatic heterocycles. The molecule has 240 valence electrons. The number of carboxylic acids is 1. The Kier molecular flexibility index (Phi) is 10.1. The molecule has 2 radical (unpaired) electrons. The van der Waals surface area contributed by atoms with Crippen molar-refractivity contribution in [2.45, 2.75) is 74.0 Å². The highest BCUT2D eigenvalue weighted by Gasteiger charge is 2.38. The van der Waals surface area contributed by atoms with Crippen LogP contribution in [0, 0.1) is 0 Å². The van der Waals surface area contributed by atoms with Crippen molar-refractivity contribution in [1.82, 2.24) is 9.97 Å². The van der Waals surface area contributed by atoms with Crippen molar-refractivity contribution < 1.29 is 46.8 Å². The number of carboxylic acid groups (broad SMARTS) is 1. The fourth-order valence-corrected chi connectivity index (χ4v) is 6.09. The third-order valence-electron chi connectivity index (χ3n) is 7.40. The number of nitrogens with zero attached hydrogens (tertiary/aromatic N) is 3. The maximum Gasteiger partial charge on any atom is 0.418 e. The van der Waals surface area contributed by atoms with Crippen LogP contribution >= 0.6 is 0 Å². The lowest BCUT2D eigenvalue weighted by molar-refractivity contribution is -0.172. The standard InChI is InChI=1S/C29H32BF3N4O7S/c30-27(40)16-6-2-1-3-7-18-37(28(41,42)17-15-25(38)39)23-11-8-12-24(35-23)45(43,44)36-22-14-13-21(29(31,32)33)26(34-22)19-9-4-5-10-20(19)27/h4-5,8-14,40-42H,1-3,6-7,15-18H2,(H,34,36)(H,38,39). The summed E-state index contributed by atoms with van der Waals surface area (Å²) in [5.74, 6) is -4.66. The van der Waals surface area contributed by atoms with E-state index in [9.17, 15) is 41.7 Å². The van der Waals surface area contributed by atoms with E-state index < -0.39 is 68.5 Å². The van der Waals surface area contributed by atoms with Gasteiger partial charge in [-0.15, -0.1) is 0 Å². The van der Waals surface area contributed by atoms with E-state index in [2.05, 4.69) is 14.7 Å². The summed E-state index contributed by atoms with van der Waals surface area (Å²) < 4.78 is 71.3. The van der Waals surface area contributed by atoms with Crippen molar-refractivity contribution in [1.29, 1.82) is 0 Å². The molecule has 5 N–H and O–H groups in total. The normalized spacial score (nSPS) is 19.7. The van der Waals surface area contributed by atoms with E-state index in [4.69, 9.17) is 13.0 Å². The third kappa shape index (κ3) is 8.31. The van der Waals surface area contributed by atoms with Crippen molar-refractivity contribution in [3.63, 3.8) is 0 Å². The number of aliphatic hydroxyl groups is 3. The first-order chi connectivity index (χ1) is 21.0. The Morgan fingerprint density at radius 2 is 1.67 bits per heavy atom. The topological polar surface area (TPSA) is 173 Å². The number of fused-ring (bicyclic) bond motifs is 6. The van der Waals surface area contributed by atoms with Crippen molar-refractivity contribution >= 4 is 35.5 Å². The number of rotatable bonds is 4. The number of hydrogen-bond donors (Lipinski definition) is 5. The van der Waals surface area contributed by atoms with E-state index in [1.54, 1.807) is 0 Å². The number of aromatic nitrogens is 2. The molecule has 3 heterocycles. The van der Waals surface area contributed by atoms with Gasteiger partial charge in [-0.25, -0.2) is 9.97 Å². The Labute approximate surface area is 259 Å². The lowest BCUT2D eigenvalue weighted by atomic mass is 9.70. The second kappa shape index (κ2) is 13.3. The molecule has 1 atom stereocenters. The van der Waals surface area contributed by atoms with Crippen LogP contribution in [0.5, 0.6) is 0 Å². The molecule has 0 saturated carbocycles. The van der Waals surface area contributed by atoms with Crippen LogP contribution in [0.1, 0.15) is 62.5 Å². The molecule has 1 unspecified atom stereocenters. The summed E-state index contributed by atoms with van der Waals surface area (Å²) in [5, 5.41) is 41.3. The Bertz CT molecular complexity index is 1640. The van der Waals surface area contributed by atoms with Crippen LogP contribution < -0.4 is 9.62 Å². The van der Waals surface area contributed by atoms with Gasteiger partial charge in [0.15, 0.2) is 5.03 Å². The van der Waals surface area contributed by atoms with Gasteiger partial charge < -0.3 is 25.3 Å². The quantitative estimate of drug-likeness (QED) is 0.206. The zero-order valence-electron chi connectivity index (χ0n) is 24.0. The molecule has 3 aromatic rings. The molecule has 1 aromatic carbocycles. The number of carbonyl (C=O) groups is 1. The van der Waals surface area contributed by atoms with Gasteiger partial charge in [0.1, 0.15) is 19.5 Å². The monoisotopic (exact) mass is 648 g/mol. The number of pyridine rings is 2. The van der Waals surface area contributed by atoms with Crippen LogP contribution in [-0.4, -0.2) is 65.1 Å². The highest BCUT2D eigenvalue weighted by Crippen LogP contribution is 2.41. The van der Waals surface area contributed by atoms with Gasteiger partial charge in [0.05, 0.1) is 17.7 Å². The zero-order valence-corrected chi connectivity index (χ0v) is 24.9. The average molecular weight is 648 g/mol. The second-order valence-electron chi connectivity index (χ2n) is 10.8. The van der Waals surface area contributed by atoms with E-state index in [-0.39, 0.29) is 29.9 Å². The van der Waals surface area contributed by atoms with Crippen LogP contribution in [0.25, 0.3) is 11.3 Å². The summed E-state index contributed by atoms with van der Waals surface area (Å²) >= 11 is 0. The predicted molar refractivity (Wildman–Crippen MR) is 158 cm³/mol. The zero-order chi connectivity index (χ0) is 33.0. The number of benzene rings is 1. The number of anilines is 2. The highest BCUT2D eigenvalue weighted by atomic mass is 32.2. The molecule has 4 rings (SSSR count). The van der Waals surface area contributed by atoms with Gasteiger partial charge in [0.25, 0.3) is 10.0 Å². The van der Waals surface area contributed by atoms with Crippen LogP contribution in [-0.2, 0) is 26.5 Å². The molecule has 0 amide bonds. The maximum atomic E-state index is 14.1. The smallest absolute Gasteiger partial charge is 0.418 e.